The van der Waals surface area contributed by atoms with Crippen molar-refractivity contribution in [2.24, 2.45) is 5.41 Å². The standard InChI is InChI=1S/C29H44N4O4S.ClH/c1-6-30-24-17-23(18-25(19-24)33-14-10-11-15-38(33,36)37)28(35)32-26(16-22-12-8-7-9-13-22)27(34)20-31-21(2)29(3,4)5;/h7-9,12-13,17-19,21,26-27,30-31,34H,6,10-11,14-16,20H2,1-5H3,(H,32,35);1H/t21-,26-,27+;/m0./s1. The Morgan fingerprint density at radius 1 is 1.10 bits per heavy atom. The van der Waals surface area contributed by atoms with Crippen LogP contribution in [0, 0.1) is 5.41 Å². The molecule has 2 aromatic carbocycles. The molecule has 1 heterocycles. The number of hydrogen-bond acceptors (Lipinski definition) is 6. The van der Waals surface area contributed by atoms with Crippen LogP contribution in [0.2, 0.25) is 0 Å². The monoisotopic (exact) mass is 580 g/mol. The third kappa shape index (κ3) is 9.38. The normalized spacial score (nSPS) is 17.4. The highest BCUT2D eigenvalue weighted by atomic mass is 35.5. The third-order valence-electron chi connectivity index (χ3n) is 7.21. The number of sulfonamides is 1. The van der Waals surface area contributed by atoms with Gasteiger partial charge >= 0.3 is 0 Å². The van der Waals surface area contributed by atoms with Crippen LogP contribution in [0.3, 0.4) is 0 Å². The molecule has 0 radical (unpaired) electrons. The number of hydrogen-bond donors (Lipinski definition) is 4. The van der Waals surface area contributed by atoms with Crippen LogP contribution in [0.1, 0.15) is 63.4 Å². The fourth-order valence-corrected chi connectivity index (χ4v) is 6.04. The molecule has 10 heteroatoms. The zero-order chi connectivity index (χ0) is 27.9. The summed E-state index contributed by atoms with van der Waals surface area (Å²) in [6, 6.07) is 14.5. The Morgan fingerprint density at radius 2 is 1.79 bits per heavy atom. The molecule has 1 aliphatic rings. The highest BCUT2D eigenvalue weighted by Crippen LogP contribution is 2.28. The Labute approximate surface area is 240 Å². The molecule has 1 amide bonds. The van der Waals surface area contributed by atoms with Crippen LogP contribution in [0.15, 0.2) is 48.5 Å². The van der Waals surface area contributed by atoms with Crippen molar-refractivity contribution in [3.63, 3.8) is 0 Å². The van der Waals surface area contributed by atoms with Crippen LogP contribution in [-0.2, 0) is 16.4 Å². The second kappa shape index (κ2) is 14.3. The summed E-state index contributed by atoms with van der Waals surface area (Å²) in [5.74, 6) is -0.255. The molecule has 0 spiro atoms. The van der Waals surface area contributed by atoms with Gasteiger partial charge in [0.2, 0.25) is 10.0 Å². The zero-order valence-electron chi connectivity index (χ0n) is 23.7. The summed E-state index contributed by atoms with van der Waals surface area (Å²) in [6.45, 7) is 11.8. The lowest BCUT2D eigenvalue weighted by atomic mass is 9.88. The molecule has 8 nitrogen and oxygen atoms in total. The molecule has 1 aliphatic heterocycles. The van der Waals surface area contributed by atoms with E-state index in [4.69, 9.17) is 0 Å². The number of carbonyl (C=O) groups excluding carboxylic acids is 1. The molecule has 39 heavy (non-hydrogen) atoms. The van der Waals surface area contributed by atoms with E-state index in [2.05, 4.69) is 43.6 Å². The SMILES string of the molecule is CCNc1cc(C(=O)N[C@@H](Cc2ccccc2)[C@H](O)CN[C@@H](C)C(C)(C)C)cc(N2CCCCS2(=O)=O)c1.Cl. The smallest absolute Gasteiger partial charge is 0.251 e. The average molecular weight is 581 g/mol. The number of halogens is 1. The van der Waals surface area contributed by atoms with Crippen LogP contribution < -0.4 is 20.3 Å². The second-order valence-corrected chi connectivity index (χ2v) is 13.2. The van der Waals surface area contributed by atoms with Gasteiger partial charge in [-0.25, -0.2) is 8.42 Å². The van der Waals surface area contributed by atoms with E-state index in [-0.39, 0.29) is 35.5 Å². The van der Waals surface area contributed by atoms with Crippen LogP contribution in [0.4, 0.5) is 11.4 Å². The minimum Gasteiger partial charge on any atom is -0.390 e. The first kappa shape index (κ1) is 32.9. The van der Waals surface area contributed by atoms with Crippen molar-refractivity contribution in [2.75, 3.05) is 35.0 Å². The first-order chi connectivity index (χ1) is 17.9. The maximum absolute atomic E-state index is 13.6. The number of nitrogens with one attached hydrogen (secondary N) is 3. The Morgan fingerprint density at radius 3 is 2.41 bits per heavy atom. The molecular formula is C29H45ClN4O4S. The van der Waals surface area contributed by atoms with Gasteiger partial charge in [-0.05, 0) is 62.3 Å². The van der Waals surface area contributed by atoms with Crippen molar-refractivity contribution < 1.29 is 18.3 Å². The van der Waals surface area contributed by atoms with Crippen LogP contribution >= 0.6 is 12.4 Å². The largest absolute Gasteiger partial charge is 0.390 e. The van der Waals surface area contributed by atoms with Gasteiger partial charge in [0, 0.05) is 36.9 Å². The van der Waals surface area contributed by atoms with E-state index in [1.807, 2.05) is 37.3 Å². The van der Waals surface area contributed by atoms with E-state index in [0.717, 1.165) is 12.0 Å². The number of aliphatic hydroxyl groups is 1. The lowest BCUT2D eigenvalue weighted by molar-refractivity contribution is 0.0813. The Balaban J connectivity index is 0.00000533. The topological polar surface area (TPSA) is 111 Å². The average Bonchev–Trinajstić information content (AvgIpc) is 2.86. The fraction of sp³-hybridized carbons (Fsp3) is 0.552. The third-order valence-corrected chi connectivity index (χ3v) is 9.08. The van der Waals surface area contributed by atoms with Gasteiger partial charge in [-0.3, -0.25) is 9.10 Å². The molecular weight excluding hydrogens is 536 g/mol. The molecule has 2 aromatic rings. The molecule has 1 fully saturated rings. The summed E-state index contributed by atoms with van der Waals surface area (Å²) >= 11 is 0. The maximum Gasteiger partial charge on any atom is 0.251 e. The number of anilines is 2. The minimum atomic E-state index is -3.43. The summed E-state index contributed by atoms with van der Waals surface area (Å²) in [4.78, 5) is 13.6. The molecule has 218 valence electrons. The molecule has 0 aliphatic carbocycles. The zero-order valence-corrected chi connectivity index (χ0v) is 25.4. The Kier molecular flexibility index (Phi) is 12.1. The quantitative estimate of drug-likeness (QED) is 0.317. The fourth-order valence-electron chi connectivity index (χ4n) is 4.42. The van der Waals surface area contributed by atoms with Crippen molar-refractivity contribution in [2.45, 2.75) is 72.1 Å². The van der Waals surface area contributed by atoms with Crippen molar-refractivity contribution in [3.8, 4) is 0 Å². The summed E-state index contributed by atoms with van der Waals surface area (Å²) in [7, 11) is -3.43. The van der Waals surface area contributed by atoms with Crippen LogP contribution in [-0.4, -0.2) is 63.0 Å². The molecule has 4 N–H and O–H groups in total. The maximum atomic E-state index is 13.6. The number of nitrogens with zero attached hydrogens (tertiary/aromatic N) is 1. The Bertz CT molecular complexity index is 1170. The lowest BCUT2D eigenvalue weighted by Crippen LogP contribution is -2.51. The number of benzene rings is 2. The van der Waals surface area contributed by atoms with Crippen LogP contribution in [0.5, 0.6) is 0 Å². The molecule has 3 rings (SSSR count). The number of rotatable bonds is 11. The molecule has 0 aromatic heterocycles. The predicted octanol–water partition coefficient (Wildman–Crippen LogP) is 4.20. The van der Waals surface area contributed by atoms with Crippen molar-refractivity contribution in [3.05, 3.63) is 59.7 Å². The molecule has 0 saturated carbocycles. The Hall–Kier alpha value is -2.33. The molecule has 0 unspecified atom stereocenters. The van der Waals surface area contributed by atoms with Gasteiger partial charge in [0.05, 0.1) is 23.6 Å². The first-order valence-electron chi connectivity index (χ1n) is 13.6. The van der Waals surface area contributed by atoms with E-state index in [9.17, 15) is 18.3 Å². The van der Waals surface area contributed by atoms with Gasteiger partial charge in [-0.15, -0.1) is 12.4 Å². The van der Waals surface area contributed by atoms with E-state index < -0.39 is 22.2 Å². The molecule has 3 atom stereocenters. The highest BCUT2D eigenvalue weighted by Gasteiger charge is 2.29. The summed E-state index contributed by atoms with van der Waals surface area (Å²) < 4.78 is 26.9. The number of amides is 1. The second-order valence-electron chi connectivity index (χ2n) is 11.2. The van der Waals surface area contributed by atoms with Gasteiger partial charge in [0.1, 0.15) is 0 Å². The van der Waals surface area contributed by atoms with Gasteiger partial charge in [0.15, 0.2) is 0 Å². The summed E-state index contributed by atoms with van der Waals surface area (Å²) in [5, 5.41) is 20.8. The predicted molar refractivity (Wildman–Crippen MR) is 163 cm³/mol. The lowest BCUT2D eigenvalue weighted by Gasteiger charge is -2.31. The van der Waals surface area contributed by atoms with Gasteiger partial charge in [-0.2, -0.15) is 0 Å². The van der Waals surface area contributed by atoms with Crippen molar-refractivity contribution >= 4 is 39.7 Å². The van der Waals surface area contributed by atoms with E-state index in [1.165, 1.54) is 4.31 Å². The van der Waals surface area contributed by atoms with Gasteiger partial charge < -0.3 is 21.1 Å². The number of aliphatic hydroxyl groups excluding tert-OH is 1. The molecule has 1 saturated heterocycles. The van der Waals surface area contributed by atoms with Gasteiger partial charge in [0.25, 0.3) is 5.91 Å². The van der Waals surface area contributed by atoms with E-state index in [1.54, 1.807) is 18.2 Å². The highest BCUT2D eigenvalue weighted by molar-refractivity contribution is 7.92. The summed E-state index contributed by atoms with van der Waals surface area (Å²) in [5.41, 5.74) is 2.53. The van der Waals surface area contributed by atoms with Crippen molar-refractivity contribution in [1.82, 2.24) is 10.6 Å². The minimum absolute atomic E-state index is 0. The van der Waals surface area contributed by atoms with E-state index in [0.29, 0.717) is 49.4 Å². The van der Waals surface area contributed by atoms with Gasteiger partial charge in [-0.1, -0.05) is 51.1 Å². The number of carbonyl (C=O) groups is 1. The first-order valence-corrected chi connectivity index (χ1v) is 15.2. The van der Waals surface area contributed by atoms with Crippen LogP contribution in [0.25, 0.3) is 0 Å². The van der Waals surface area contributed by atoms with E-state index >= 15 is 0 Å². The molecule has 0 bridgehead atoms. The van der Waals surface area contributed by atoms with Crippen molar-refractivity contribution in [1.29, 1.82) is 0 Å². The summed E-state index contributed by atoms with van der Waals surface area (Å²) in [6.07, 6.45) is 1.04.